The Kier molecular flexibility index (Phi) is 11.8. The van der Waals surface area contributed by atoms with E-state index in [1.807, 2.05) is 24.3 Å². The van der Waals surface area contributed by atoms with Crippen molar-refractivity contribution < 1.29 is 28.2 Å². The van der Waals surface area contributed by atoms with Crippen LogP contribution in [0.25, 0.3) is 11.4 Å². The van der Waals surface area contributed by atoms with Gasteiger partial charge in [0.15, 0.2) is 5.82 Å². The summed E-state index contributed by atoms with van der Waals surface area (Å²) in [7, 11) is 0. The number of aliphatic hydroxyl groups is 1. The number of alkyl halides is 3. The molecular formula is C23H29F3N4O3S. The number of carboxylic acid groups (broad SMARTS) is 1. The largest absolute Gasteiger partial charge is 0.481 e. The van der Waals surface area contributed by atoms with Gasteiger partial charge in [-0.05, 0) is 41.3 Å². The molecule has 0 amide bonds. The molecule has 0 radical (unpaired) electrons. The van der Waals surface area contributed by atoms with Crippen LogP contribution in [-0.2, 0) is 4.79 Å². The van der Waals surface area contributed by atoms with E-state index < -0.39 is 24.7 Å². The number of nitrogens with zero attached hydrogens (tertiary/aromatic N) is 3. The summed E-state index contributed by atoms with van der Waals surface area (Å²) < 4.78 is 36.4. The molecule has 11 heteroatoms. The van der Waals surface area contributed by atoms with E-state index in [2.05, 4.69) is 20.6 Å². The molecule has 34 heavy (non-hydrogen) atoms. The number of unbranched alkanes of at least 4 members (excludes halogenated alkanes) is 4. The lowest BCUT2D eigenvalue weighted by atomic mass is 10.0. The van der Waals surface area contributed by atoms with Crippen LogP contribution in [0.3, 0.4) is 0 Å². The van der Waals surface area contributed by atoms with Crippen molar-refractivity contribution in [1.29, 1.82) is 0 Å². The number of benzene rings is 1. The molecular weight excluding hydrogens is 469 g/mol. The summed E-state index contributed by atoms with van der Waals surface area (Å²) in [4.78, 5) is 10.9. The molecule has 2 atom stereocenters. The topological polar surface area (TPSA) is 112 Å². The van der Waals surface area contributed by atoms with E-state index in [0.29, 0.717) is 23.6 Å². The van der Waals surface area contributed by atoms with Gasteiger partial charge in [0.2, 0.25) is 0 Å². The Balaban J connectivity index is 1.90. The van der Waals surface area contributed by atoms with Crippen molar-refractivity contribution in [3.8, 4) is 11.4 Å². The highest BCUT2D eigenvalue weighted by molar-refractivity contribution is 8.00. The second-order valence-corrected chi connectivity index (χ2v) is 8.97. The fourth-order valence-electron chi connectivity index (χ4n) is 3.16. The Morgan fingerprint density at radius 2 is 1.97 bits per heavy atom. The van der Waals surface area contributed by atoms with Crippen LogP contribution in [-0.4, -0.2) is 54.0 Å². The fraction of sp³-hybridized carbons (Fsp3) is 0.478. The number of aromatic amines is 1. The number of hydrogen-bond donors (Lipinski definition) is 3. The lowest BCUT2D eigenvalue weighted by molar-refractivity contribution is -0.137. The minimum Gasteiger partial charge on any atom is -0.481 e. The maximum Gasteiger partial charge on any atom is 0.389 e. The van der Waals surface area contributed by atoms with Crippen molar-refractivity contribution in [3.63, 3.8) is 0 Å². The van der Waals surface area contributed by atoms with Gasteiger partial charge in [-0.1, -0.05) is 55.3 Å². The van der Waals surface area contributed by atoms with Gasteiger partial charge in [0.25, 0.3) is 0 Å². The van der Waals surface area contributed by atoms with E-state index in [4.69, 9.17) is 5.11 Å². The van der Waals surface area contributed by atoms with Gasteiger partial charge in [0.05, 0.1) is 17.8 Å². The fourth-order valence-corrected chi connectivity index (χ4v) is 4.27. The Morgan fingerprint density at radius 3 is 2.68 bits per heavy atom. The van der Waals surface area contributed by atoms with Gasteiger partial charge in [-0.25, -0.2) is 5.10 Å². The van der Waals surface area contributed by atoms with Crippen molar-refractivity contribution in [3.05, 3.63) is 54.1 Å². The summed E-state index contributed by atoms with van der Waals surface area (Å²) in [6.07, 6.45) is 4.71. The molecule has 2 aromatic rings. The highest BCUT2D eigenvalue weighted by atomic mass is 32.2. The molecule has 1 aromatic carbocycles. The van der Waals surface area contributed by atoms with E-state index in [0.717, 1.165) is 24.8 Å². The third kappa shape index (κ3) is 11.0. The Bertz CT molecular complexity index is 920. The molecule has 3 N–H and O–H groups in total. The molecule has 0 unspecified atom stereocenters. The van der Waals surface area contributed by atoms with Crippen LogP contribution in [0.15, 0.2) is 48.6 Å². The van der Waals surface area contributed by atoms with Crippen LogP contribution in [0.2, 0.25) is 0 Å². The number of H-pyrrole nitrogens is 1. The number of nitrogens with one attached hydrogen (secondary N) is 1. The average molecular weight is 499 g/mol. The van der Waals surface area contributed by atoms with Gasteiger partial charge in [0, 0.05) is 17.7 Å². The number of carboxylic acids is 1. The van der Waals surface area contributed by atoms with Gasteiger partial charge in [-0.2, -0.15) is 24.9 Å². The lowest BCUT2D eigenvalue weighted by Crippen LogP contribution is -2.14. The van der Waals surface area contributed by atoms with Crippen molar-refractivity contribution in [1.82, 2.24) is 20.6 Å². The van der Waals surface area contributed by atoms with Gasteiger partial charge >= 0.3 is 12.1 Å². The normalized spacial score (nSPS) is 14.1. The zero-order valence-corrected chi connectivity index (χ0v) is 19.4. The number of halogens is 3. The number of hydrogen-bond acceptors (Lipinski definition) is 6. The van der Waals surface area contributed by atoms with Crippen LogP contribution >= 0.6 is 11.8 Å². The van der Waals surface area contributed by atoms with Crippen molar-refractivity contribution in [2.24, 2.45) is 0 Å². The van der Waals surface area contributed by atoms with E-state index in [1.54, 1.807) is 24.3 Å². The summed E-state index contributed by atoms with van der Waals surface area (Å²) in [5.41, 5.74) is 1.36. The van der Waals surface area contributed by atoms with E-state index in [-0.39, 0.29) is 18.1 Å². The average Bonchev–Trinajstić information content (AvgIpc) is 3.33. The first-order valence-electron chi connectivity index (χ1n) is 11.0. The lowest BCUT2D eigenvalue weighted by Gasteiger charge is -2.20. The van der Waals surface area contributed by atoms with Crippen LogP contribution in [0, 0.1) is 0 Å². The highest BCUT2D eigenvalue weighted by Crippen LogP contribution is 2.30. The number of thioether (sulfide) groups is 1. The molecule has 1 heterocycles. The van der Waals surface area contributed by atoms with Crippen LogP contribution < -0.4 is 0 Å². The van der Waals surface area contributed by atoms with Crippen LogP contribution in [0.5, 0.6) is 0 Å². The smallest absolute Gasteiger partial charge is 0.389 e. The molecule has 0 aliphatic carbocycles. The monoisotopic (exact) mass is 498 g/mol. The molecule has 0 saturated carbocycles. The van der Waals surface area contributed by atoms with Gasteiger partial charge in [-0.3, -0.25) is 4.79 Å². The molecule has 0 bridgehead atoms. The van der Waals surface area contributed by atoms with Crippen LogP contribution in [0.4, 0.5) is 13.2 Å². The van der Waals surface area contributed by atoms with Gasteiger partial charge in [0.1, 0.15) is 0 Å². The van der Waals surface area contributed by atoms with E-state index in [1.165, 1.54) is 11.8 Å². The molecule has 7 nitrogen and oxygen atoms in total. The number of aliphatic hydroxyl groups excluding tert-OH is 1. The third-order valence-corrected chi connectivity index (χ3v) is 6.15. The van der Waals surface area contributed by atoms with Crippen molar-refractivity contribution >= 4 is 17.7 Å². The number of tetrazole rings is 1. The van der Waals surface area contributed by atoms with Gasteiger partial charge in [-0.15, -0.1) is 5.10 Å². The zero-order valence-electron chi connectivity index (χ0n) is 18.6. The summed E-state index contributed by atoms with van der Waals surface area (Å²) in [5, 5.41) is 33.2. The maximum atomic E-state index is 12.1. The third-order valence-electron chi connectivity index (χ3n) is 4.91. The summed E-state index contributed by atoms with van der Waals surface area (Å²) >= 11 is 1.34. The SMILES string of the molecule is O=C(O)CCS[C@H](/C=C/C=C\CCCCCCC(F)(F)F)[C@@H](O)c1cccc(-c2nnn[nH]2)c1. The first-order valence-corrected chi connectivity index (χ1v) is 12.1. The molecule has 0 aliphatic rings. The minimum absolute atomic E-state index is 0.0182. The Morgan fingerprint density at radius 1 is 1.18 bits per heavy atom. The maximum absolute atomic E-state index is 12.1. The molecule has 1 aromatic heterocycles. The second kappa shape index (κ2) is 14.6. The number of aliphatic carboxylic acids is 1. The summed E-state index contributed by atoms with van der Waals surface area (Å²) in [6, 6.07) is 7.16. The second-order valence-electron chi connectivity index (χ2n) is 7.68. The molecule has 0 fully saturated rings. The van der Waals surface area contributed by atoms with Crippen LogP contribution in [0.1, 0.15) is 56.6 Å². The number of allylic oxidation sites excluding steroid dienone is 3. The minimum atomic E-state index is -4.08. The molecule has 2 rings (SSSR count). The number of carbonyl (C=O) groups is 1. The summed E-state index contributed by atoms with van der Waals surface area (Å²) in [6.45, 7) is 0. The zero-order chi connectivity index (χ0) is 24.8. The summed E-state index contributed by atoms with van der Waals surface area (Å²) in [5.74, 6) is -0.0879. The van der Waals surface area contributed by atoms with E-state index >= 15 is 0 Å². The predicted octanol–water partition coefficient (Wildman–Crippen LogP) is 5.49. The Labute approximate surface area is 200 Å². The first kappa shape index (κ1) is 27.6. The molecule has 0 aliphatic heterocycles. The quantitative estimate of drug-likeness (QED) is 0.220. The molecule has 0 saturated heterocycles. The first-order chi connectivity index (χ1) is 16.3. The number of aromatic nitrogens is 4. The standard InChI is InChI=1S/C23H29F3N4O3S/c24-23(25,26)14-8-6-4-2-1-3-5-7-12-19(34-15-13-20(31)32)21(33)17-10-9-11-18(16-17)22-27-29-30-28-22/h3,5,7,9-12,16,19,21,33H,1-2,4,6,8,13-15H2,(H,31,32)(H,27,28,29,30)/b5-3-,12-7+/t19-,21+/m1/s1. The molecule has 0 spiro atoms. The molecule has 186 valence electrons. The van der Waals surface area contributed by atoms with Crippen molar-refractivity contribution in [2.75, 3.05) is 5.75 Å². The Hall–Kier alpha value is -2.66. The van der Waals surface area contributed by atoms with E-state index in [9.17, 15) is 23.1 Å². The van der Waals surface area contributed by atoms with Gasteiger partial charge < -0.3 is 10.2 Å². The highest BCUT2D eigenvalue weighted by Gasteiger charge is 2.25. The number of rotatable bonds is 15. The van der Waals surface area contributed by atoms with Crippen molar-refractivity contribution in [2.45, 2.75) is 62.5 Å². The predicted molar refractivity (Wildman–Crippen MR) is 125 cm³/mol.